The molecule has 0 radical (unpaired) electrons. The van der Waals surface area contributed by atoms with Crippen molar-refractivity contribution >= 4 is 28.4 Å². The highest BCUT2D eigenvalue weighted by Gasteiger charge is 2.12. The van der Waals surface area contributed by atoms with E-state index in [0.717, 1.165) is 27.8 Å². The molecule has 0 aliphatic rings. The van der Waals surface area contributed by atoms with Gasteiger partial charge in [-0.15, -0.1) is 0 Å². The first-order chi connectivity index (χ1) is 11.2. The number of hydrogen-bond donors (Lipinski definition) is 1. The monoisotopic (exact) mass is 321 g/mol. The Balaban J connectivity index is 1.93. The summed E-state index contributed by atoms with van der Waals surface area (Å²) in [7, 11) is 0. The van der Waals surface area contributed by atoms with Crippen molar-refractivity contribution in [3.8, 4) is 22.4 Å². The Morgan fingerprint density at radius 2 is 1.87 bits per heavy atom. The summed E-state index contributed by atoms with van der Waals surface area (Å²) in [5, 5.41) is 5.27. The van der Waals surface area contributed by atoms with E-state index in [2.05, 4.69) is 10.1 Å². The highest BCUT2D eigenvalue weighted by atomic mass is 35.5. The predicted octanol–water partition coefficient (Wildman–Crippen LogP) is 4.79. The lowest BCUT2D eigenvalue weighted by Gasteiger charge is -2.09. The van der Waals surface area contributed by atoms with Crippen LogP contribution in [-0.4, -0.2) is 10.1 Å². The molecule has 0 atom stereocenters. The van der Waals surface area contributed by atoms with E-state index >= 15 is 0 Å². The molecule has 0 fully saturated rings. The van der Waals surface area contributed by atoms with E-state index in [1.807, 2.05) is 54.6 Å². The van der Waals surface area contributed by atoms with E-state index in [9.17, 15) is 0 Å². The lowest BCUT2D eigenvalue weighted by atomic mass is 9.98. The van der Waals surface area contributed by atoms with Crippen LogP contribution < -0.4 is 5.73 Å². The van der Waals surface area contributed by atoms with E-state index in [0.29, 0.717) is 16.4 Å². The molecular weight excluding hydrogens is 310 g/mol. The molecule has 2 aromatic heterocycles. The van der Waals surface area contributed by atoms with Crippen LogP contribution in [0, 0.1) is 0 Å². The van der Waals surface area contributed by atoms with Crippen molar-refractivity contribution in [3.05, 3.63) is 65.8 Å². The summed E-state index contributed by atoms with van der Waals surface area (Å²) in [4.78, 5) is 4.53. The van der Waals surface area contributed by atoms with Gasteiger partial charge in [0.15, 0.2) is 11.4 Å². The Morgan fingerprint density at radius 3 is 2.74 bits per heavy atom. The van der Waals surface area contributed by atoms with Gasteiger partial charge in [-0.1, -0.05) is 41.0 Å². The number of nitrogens with zero attached hydrogens (tertiary/aromatic N) is 2. The molecule has 2 aromatic carbocycles. The van der Waals surface area contributed by atoms with E-state index in [1.54, 1.807) is 6.20 Å². The predicted molar refractivity (Wildman–Crippen MR) is 92.1 cm³/mol. The second-order valence-corrected chi connectivity index (χ2v) is 5.63. The fourth-order valence-corrected chi connectivity index (χ4v) is 2.82. The largest absolute Gasteiger partial charge is 0.380 e. The molecule has 4 aromatic rings. The van der Waals surface area contributed by atoms with Crippen molar-refractivity contribution in [1.29, 1.82) is 0 Å². The van der Waals surface area contributed by atoms with E-state index in [-0.39, 0.29) is 0 Å². The summed E-state index contributed by atoms with van der Waals surface area (Å²) in [5.41, 5.74) is 10.3. The van der Waals surface area contributed by atoms with Gasteiger partial charge < -0.3 is 10.3 Å². The van der Waals surface area contributed by atoms with Gasteiger partial charge in [0, 0.05) is 22.3 Å². The summed E-state index contributed by atoms with van der Waals surface area (Å²) >= 11 is 6.11. The van der Waals surface area contributed by atoms with Gasteiger partial charge in [-0.25, -0.2) is 0 Å². The number of fused-ring (bicyclic) bond motifs is 1. The molecule has 2 N–H and O–H groups in total. The second-order valence-electron chi connectivity index (χ2n) is 5.19. The van der Waals surface area contributed by atoms with Crippen LogP contribution in [0.2, 0.25) is 5.02 Å². The first-order valence-corrected chi connectivity index (χ1v) is 7.46. The van der Waals surface area contributed by atoms with Crippen molar-refractivity contribution in [2.75, 3.05) is 5.73 Å². The molecule has 4 nitrogen and oxygen atoms in total. The van der Waals surface area contributed by atoms with Gasteiger partial charge in [0.1, 0.15) is 0 Å². The number of pyridine rings is 1. The quantitative estimate of drug-likeness (QED) is 0.576. The molecule has 0 amide bonds. The SMILES string of the molecule is Nc1noc2ccc(-c3cccnc3-c3cccc(Cl)c3)cc12. The zero-order valence-electron chi connectivity index (χ0n) is 12.0. The Hall–Kier alpha value is -2.85. The molecule has 112 valence electrons. The van der Waals surface area contributed by atoms with Crippen molar-refractivity contribution in [1.82, 2.24) is 10.1 Å². The van der Waals surface area contributed by atoms with Crippen LogP contribution in [0.25, 0.3) is 33.4 Å². The molecule has 5 heteroatoms. The Morgan fingerprint density at radius 1 is 0.957 bits per heavy atom. The van der Waals surface area contributed by atoms with Crippen LogP contribution in [0.15, 0.2) is 65.3 Å². The lowest BCUT2D eigenvalue weighted by Crippen LogP contribution is -1.89. The number of rotatable bonds is 2. The van der Waals surface area contributed by atoms with Crippen LogP contribution in [0.3, 0.4) is 0 Å². The summed E-state index contributed by atoms with van der Waals surface area (Å²) in [6, 6.07) is 17.4. The van der Waals surface area contributed by atoms with Crippen LogP contribution >= 0.6 is 11.6 Å². The van der Waals surface area contributed by atoms with Gasteiger partial charge in [-0.05, 0) is 35.9 Å². The van der Waals surface area contributed by atoms with Gasteiger partial charge in [0.2, 0.25) is 0 Å². The maximum absolute atomic E-state index is 6.11. The number of nitrogen functional groups attached to an aromatic ring is 1. The molecule has 2 heterocycles. The molecule has 4 rings (SSSR count). The minimum absolute atomic E-state index is 0.384. The highest BCUT2D eigenvalue weighted by Crippen LogP contribution is 2.33. The van der Waals surface area contributed by atoms with E-state index < -0.39 is 0 Å². The number of benzene rings is 2. The molecule has 0 unspecified atom stereocenters. The zero-order chi connectivity index (χ0) is 15.8. The lowest BCUT2D eigenvalue weighted by molar-refractivity contribution is 0.460. The van der Waals surface area contributed by atoms with Gasteiger partial charge in [-0.3, -0.25) is 4.98 Å². The number of nitrogens with two attached hydrogens (primary N) is 1. The topological polar surface area (TPSA) is 64.9 Å². The van der Waals surface area contributed by atoms with Crippen LogP contribution in [-0.2, 0) is 0 Å². The summed E-state index contributed by atoms with van der Waals surface area (Å²) < 4.78 is 5.16. The molecule has 0 saturated heterocycles. The molecule has 0 aliphatic carbocycles. The van der Waals surface area contributed by atoms with E-state index in [4.69, 9.17) is 21.9 Å². The maximum atomic E-state index is 6.11. The summed E-state index contributed by atoms with van der Waals surface area (Å²) in [6.45, 7) is 0. The molecule has 23 heavy (non-hydrogen) atoms. The summed E-state index contributed by atoms with van der Waals surface area (Å²) in [6.07, 6.45) is 1.77. The average Bonchev–Trinajstić information content (AvgIpc) is 2.95. The van der Waals surface area contributed by atoms with E-state index in [1.165, 1.54) is 0 Å². The Labute approximate surface area is 137 Å². The van der Waals surface area contributed by atoms with Crippen LogP contribution in [0.4, 0.5) is 5.82 Å². The van der Waals surface area contributed by atoms with Crippen molar-refractivity contribution in [2.24, 2.45) is 0 Å². The standard InChI is InChI=1S/C18H12ClN3O/c19-13-4-1-3-12(9-13)17-14(5-2-8-21-17)11-6-7-16-15(10-11)18(20)22-23-16/h1-10H,(H2,20,22). The zero-order valence-corrected chi connectivity index (χ0v) is 12.8. The van der Waals surface area contributed by atoms with Crippen LogP contribution in [0.1, 0.15) is 0 Å². The third kappa shape index (κ3) is 2.43. The highest BCUT2D eigenvalue weighted by molar-refractivity contribution is 6.30. The number of anilines is 1. The minimum atomic E-state index is 0.384. The maximum Gasteiger partial charge on any atom is 0.174 e. The van der Waals surface area contributed by atoms with Crippen molar-refractivity contribution in [2.45, 2.75) is 0 Å². The van der Waals surface area contributed by atoms with Crippen LogP contribution in [0.5, 0.6) is 0 Å². The fraction of sp³-hybridized carbons (Fsp3) is 0. The molecule has 0 spiro atoms. The van der Waals surface area contributed by atoms with Gasteiger partial charge in [-0.2, -0.15) is 0 Å². The molecule has 0 aliphatic heterocycles. The third-order valence-corrected chi connectivity index (χ3v) is 3.95. The molecule has 0 bridgehead atoms. The van der Waals surface area contributed by atoms with Gasteiger partial charge in [0.25, 0.3) is 0 Å². The van der Waals surface area contributed by atoms with Crippen molar-refractivity contribution in [3.63, 3.8) is 0 Å². The normalized spacial score (nSPS) is 11.0. The number of hydrogen-bond acceptors (Lipinski definition) is 4. The third-order valence-electron chi connectivity index (χ3n) is 3.71. The number of halogens is 1. The first-order valence-electron chi connectivity index (χ1n) is 7.08. The smallest absolute Gasteiger partial charge is 0.174 e. The molecule has 0 saturated carbocycles. The Bertz CT molecular complexity index is 1010. The number of aromatic nitrogens is 2. The fourth-order valence-electron chi connectivity index (χ4n) is 2.63. The second kappa shape index (κ2) is 5.41. The average molecular weight is 322 g/mol. The van der Waals surface area contributed by atoms with Gasteiger partial charge >= 0.3 is 0 Å². The molecular formula is C18H12ClN3O. The van der Waals surface area contributed by atoms with Gasteiger partial charge in [0.05, 0.1) is 11.1 Å². The minimum Gasteiger partial charge on any atom is -0.380 e. The summed E-state index contributed by atoms with van der Waals surface area (Å²) in [5.74, 6) is 0.384. The first kappa shape index (κ1) is 13.8. The Kier molecular flexibility index (Phi) is 3.24. The van der Waals surface area contributed by atoms with Crippen molar-refractivity contribution < 1.29 is 4.52 Å².